The van der Waals surface area contributed by atoms with E-state index in [1.54, 1.807) is 0 Å². The number of allylic oxidation sites excluding steroid dienone is 1. The van der Waals surface area contributed by atoms with E-state index < -0.39 is 0 Å². The predicted molar refractivity (Wildman–Crippen MR) is 70.0 cm³/mol. The third kappa shape index (κ3) is 3.07. The number of rotatable bonds is 3. The molecule has 0 aromatic carbocycles. The van der Waals surface area contributed by atoms with Gasteiger partial charge in [-0.05, 0) is 18.4 Å². The topological polar surface area (TPSA) is 47.9 Å². The maximum atomic E-state index is 10.0. The van der Waals surface area contributed by atoms with Crippen molar-refractivity contribution in [1.82, 2.24) is 10.2 Å². The van der Waals surface area contributed by atoms with Crippen LogP contribution in [0.25, 0.3) is 0 Å². The first-order chi connectivity index (χ1) is 8.18. The molecule has 1 fully saturated rings. The van der Waals surface area contributed by atoms with Gasteiger partial charge in [-0.15, -0.1) is 0 Å². The van der Waals surface area contributed by atoms with Gasteiger partial charge in [0.1, 0.15) is 5.82 Å². The number of piperazine rings is 1. The molecule has 2 atom stereocenters. The van der Waals surface area contributed by atoms with Gasteiger partial charge in [0.25, 0.3) is 0 Å². The molecule has 2 aliphatic rings. The van der Waals surface area contributed by atoms with Gasteiger partial charge in [-0.3, -0.25) is 0 Å². The fraction of sp³-hybridized carbons (Fsp3) is 0.769. The third-order valence-electron chi connectivity index (χ3n) is 3.53. The molecule has 17 heavy (non-hydrogen) atoms. The number of hydrogen-bond donors (Lipinski definition) is 2. The molecule has 2 N–H and O–H groups in total. The number of aliphatic imine (C=N–C) groups is 1. The highest BCUT2D eigenvalue weighted by atomic mass is 16.3. The Morgan fingerprint density at radius 1 is 1.41 bits per heavy atom. The first-order valence-electron chi connectivity index (χ1n) is 6.56. The van der Waals surface area contributed by atoms with Crippen LogP contribution in [0.5, 0.6) is 0 Å². The van der Waals surface area contributed by atoms with Gasteiger partial charge in [0.05, 0.1) is 6.10 Å². The molecule has 0 aliphatic carbocycles. The average Bonchev–Trinajstić information content (AvgIpc) is 2.39. The lowest BCUT2D eigenvalue weighted by molar-refractivity contribution is 0.0930. The Bertz CT molecular complexity index is 306. The van der Waals surface area contributed by atoms with Crippen LogP contribution in [-0.4, -0.2) is 48.5 Å². The maximum absolute atomic E-state index is 10.0. The molecule has 2 heterocycles. The van der Waals surface area contributed by atoms with Gasteiger partial charge in [0, 0.05) is 38.3 Å². The second kappa shape index (κ2) is 5.65. The monoisotopic (exact) mass is 237 g/mol. The molecule has 0 saturated carbocycles. The van der Waals surface area contributed by atoms with Gasteiger partial charge in [-0.25, -0.2) is 4.99 Å². The Kier molecular flexibility index (Phi) is 4.18. The highest BCUT2D eigenvalue weighted by molar-refractivity contribution is 5.64. The summed E-state index contributed by atoms with van der Waals surface area (Å²) in [6, 6.07) is 0. The number of hydrogen-bond acceptors (Lipinski definition) is 4. The summed E-state index contributed by atoms with van der Waals surface area (Å²) < 4.78 is 0. The quantitative estimate of drug-likeness (QED) is 0.765. The Balaban J connectivity index is 1.91. The fourth-order valence-electron chi connectivity index (χ4n) is 2.35. The molecule has 0 spiro atoms. The average molecular weight is 237 g/mol. The highest BCUT2D eigenvalue weighted by Gasteiger charge is 2.23. The van der Waals surface area contributed by atoms with Gasteiger partial charge in [-0.1, -0.05) is 13.8 Å². The van der Waals surface area contributed by atoms with Gasteiger partial charge in [-0.2, -0.15) is 0 Å². The van der Waals surface area contributed by atoms with Crippen LogP contribution in [0, 0.1) is 11.8 Å². The van der Waals surface area contributed by atoms with Crippen LogP contribution < -0.4 is 5.32 Å². The zero-order valence-electron chi connectivity index (χ0n) is 10.8. The third-order valence-corrected chi connectivity index (χ3v) is 3.53. The van der Waals surface area contributed by atoms with Crippen molar-refractivity contribution in [3.05, 3.63) is 11.9 Å². The Morgan fingerprint density at radius 2 is 2.12 bits per heavy atom. The SMILES string of the molecule is CC(C)C(O)C1C=NC(N2CCNCC2)=CC1. The minimum Gasteiger partial charge on any atom is -0.392 e. The number of aliphatic hydroxyl groups excluding tert-OH is 1. The van der Waals surface area contributed by atoms with Crippen LogP contribution in [0.4, 0.5) is 0 Å². The van der Waals surface area contributed by atoms with E-state index >= 15 is 0 Å². The Hall–Kier alpha value is -0.870. The summed E-state index contributed by atoms with van der Waals surface area (Å²) in [4.78, 5) is 6.82. The fourth-order valence-corrected chi connectivity index (χ4v) is 2.35. The Labute approximate surface area is 103 Å². The summed E-state index contributed by atoms with van der Waals surface area (Å²) in [7, 11) is 0. The molecule has 0 amide bonds. The van der Waals surface area contributed by atoms with E-state index in [-0.39, 0.29) is 12.0 Å². The lowest BCUT2D eigenvalue weighted by Crippen LogP contribution is -2.43. The van der Waals surface area contributed by atoms with Crippen molar-refractivity contribution in [1.29, 1.82) is 0 Å². The van der Waals surface area contributed by atoms with E-state index in [1.807, 2.05) is 20.1 Å². The predicted octanol–water partition coefficient (Wildman–Crippen LogP) is 0.841. The number of nitrogens with one attached hydrogen (secondary N) is 1. The van der Waals surface area contributed by atoms with E-state index in [4.69, 9.17) is 0 Å². The highest BCUT2D eigenvalue weighted by Crippen LogP contribution is 2.22. The summed E-state index contributed by atoms with van der Waals surface area (Å²) in [6.45, 7) is 8.22. The van der Waals surface area contributed by atoms with Crippen LogP contribution >= 0.6 is 0 Å². The zero-order chi connectivity index (χ0) is 12.3. The number of nitrogens with zero attached hydrogens (tertiary/aromatic N) is 2. The molecular formula is C13H23N3O. The molecule has 0 radical (unpaired) electrons. The molecule has 1 saturated heterocycles. The zero-order valence-corrected chi connectivity index (χ0v) is 10.8. The normalized spacial score (nSPS) is 27.2. The van der Waals surface area contributed by atoms with Gasteiger partial charge >= 0.3 is 0 Å². The summed E-state index contributed by atoms with van der Waals surface area (Å²) in [5.41, 5.74) is 0. The van der Waals surface area contributed by atoms with Crippen molar-refractivity contribution in [3.8, 4) is 0 Å². The van der Waals surface area contributed by atoms with Crippen LogP contribution in [0.2, 0.25) is 0 Å². The van der Waals surface area contributed by atoms with E-state index in [0.29, 0.717) is 5.92 Å². The van der Waals surface area contributed by atoms with Gasteiger partial charge in [0.15, 0.2) is 0 Å². The summed E-state index contributed by atoms with van der Waals surface area (Å²) in [5.74, 6) is 1.56. The van der Waals surface area contributed by atoms with Gasteiger partial charge < -0.3 is 15.3 Å². The summed E-state index contributed by atoms with van der Waals surface area (Å²) in [6.07, 6.45) is 4.73. The standard InChI is InChI=1S/C13H23N3O/c1-10(2)13(17)11-3-4-12(15-9-11)16-7-5-14-6-8-16/h4,9-11,13-14,17H,3,5-8H2,1-2H3. The van der Waals surface area contributed by atoms with Crippen molar-refractivity contribution in [2.75, 3.05) is 26.2 Å². The molecule has 0 aromatic rings. The summed E-state index contributed by atoms with van der Waals surface area (Å²) >= 11 is 0. The molecule has 4 nitrogen and oxygen atoms in total. The van der Waals surface area contributed by atoms with Crippen molar-refractivity contribution >= 4 is 6.21 Å². The van der Waals surface area contributed by atoms with Gasteiger partial charge in [0.2, 0.25) is 0 Å². The van der Waals surface area contributed by atoms with Crippen molar-refractivity contribution in [3.63, 3.8) is 0 Å². The second-order valence-electron chi connectivity index (χ2n) is 5.21. The minimum absolute atomic E-state index is 0.182. The smallest absolute Gasteiger partial charge is 0.124 e. The van der Waals surface area contributed by atoms with Crippen LogP contribution in [-0.2, 0) is 0 Å². The van der Waals surface area contributed by atoms with Crippen LogP contribution in [0.15, 0.2) is 16.9 Å². The molecule has 4 heteroatoms. The van der Waals surface area contributed by atoms with E-state index in [9.17, 15) is 5.11 Å². The first kappa shape index (κ1) is 12.6. The van der Waals surface area contributed by atoms with Crippen molar-refractivity contribution < 1.29 is 5.11 Å². The van der Waals surface area contributed by atoms with Crippen LogP contribution in [0.1, 0.15) is 20.3 Å². The van der Waals surface area contributed by atoms with Crippen molar-refractivity contribution in [2.45, 2.75) is 26.4 Å². The largest absolute Gasteiger partial charge is 0.392 e. The van der Waals surface area contributed by atoms with E-state index in [1.165, 1.54) is 0 Å². The lowest BCUT2D eigenvalue weighted by atomic mass is 9.90. The second-order valence-corrected chi connectivity index (χ2v) is 5.21. The minimum atomic E-state index is -0.278. The first-order valence-corrected chi connectivity index (χ1v) is 6.56. The van der Waals surface area contributed by atoms with E-state index in [2.05, 4.69) is 21.3 Å². The molecule has 2 aliphatic heterocycles. The van der Waals surface area contributed by atoms with Crippen molar-refractivity contribution in [2.24, 2.45) is 16.8 Å². The molecule has 0 aromatic heterocycles. The summed E-state index contributed by atoms with van der Waals surface area (Å²) in [5, 5.41) is 13.3. The maximum Gasteiger partial charge on any atom is 0.124 e. The van der Waals surface area contributed by atoms with Crippen LogP contribution in [0.3, 0.4) is 0 Å². The molecule has 2 unspecified atom stereocenters. The Morgan fingerprint density at radius 3 is 2.65 bits per heavy atom. The molecule has 96 valence electrons. The molecule has 2 rings (SSSR count). The molecular weight excluding hydrogens is 214 g/mol. The van der Waals surface area contributed by atoms with E-state index in [0.717, 1.165) is 38.4 Å². The molecule has 0 bridgehead atoms. The number of aliphatic hydroxyl groups is 1. The lowest BCUT2D eigenvalue weighted by Gasteiger charge is -2.32.